The van der Waals surface area contributed by atoms with Gasteiger partial charge in [-0.1, -0.05) is 11.6 Å². The van der Waals surface area contributed by atoms with Crippen LogP contribution in [0.2, 0.25) is 5.02 Å². The third-order valence-electron chi connectivity index (χ3n) is 1.25. The summed E-state index contributed by atoms with van der Waals surface area (Å²) in [4.78, 5) is 0. The molecule has 0 bridgehead atoms. The van der Waals surface area contributed by atoms with E-state index in [0.29, 0.717) is 0 Å². The molecule has 0 radical (unpaired) electrons. The van der Waals surface area contributed by atoms with Crippen molar-refractivity contribution in [2.24, 2.45) is 0 Å². The largest absolute Gasteiger partial charge is 0.207 e. The Bertz CT molecular complexity index is 239. The Kier molecular flexibility index (Phi) is 1.95. The molecule has 1 aromatic rings. The molecule has 0 aliphatic carbocycles. The lowest BCUT2D eigenvalue weighted by atomic mass is 9.95. The van der Waals surface area contributed by atoms with Crippen molar-refractivity contribution >= 4 is 24.9 Å². The lowest BCUT2D eigenvalue weighted by molar-refractivity contribution is 0.588. The summed E-state index contributed by atoms with van der Waals surface area (Å²) in [7, 11) is 1.50. The lowest BCUT2D eigenvalue weighted by Crippen LogP contribution is -2.10. The Morgan fingerprint density at radius 3 is 2.40 bits per heavy atom. The molecule has 1 aromatic carbocycles. The molecule has 0 amide bonds. The molecule has 0 saturated carbocycles. The Labute approximate surface area is 63.2 Å². The standard InChI is InChI=1S/C6H4BClF2/c7-6-4(8)1-3(9)2-5(6)10/h1-2H,7H2. The second kappa shape index (κ2) is 2.58. The highest BCUT2D eigenvalue weighted by molar-refractivity contribution is 6.45. The zero-order chi connectivity index (χ0) is 7.72. The van der Waals surface area contributed by atoms with Gasteiger partial charge in [-0.3, -0.25) is 0 Å². The van der Waals surface area contributed by atoms with Crippen LogP contribution in [0.1, 0.15) is 0 Å². The predicted molar refractivity (Wildman–Crippen MR) is 39.5 cm³/mol. The molecule has 0 fully saturated rings. The molecule has 4 heteroatoms. The van der Waals surface area contributed by atoms with Crippen molar-refractivity contribution in [3.63, 3.8) is 0 Å². The van der Waals surface area contributed by atoms with Crippen molar-refractivity contribution in [2.45, 2.75) is 0 Å². The molecule has 52 valence electrons. The van der Waals surface area contributed by atoms with Crippen LogP contribution in [0.4, 0.5) is 8.78 Å². The fourth-order valence-electron chi connectivity index (χ4n) is 0.614. The zero-order valence-corrected chi connectivity index (χ0v) is 6.04. The molecule has 10 heavy (non-hydrogen) atoms. The summed E-state index contributed by atoms with van der Waals surface area (Å²) in [6.45, 7) is 0. The number of halogens is 3. The van der Waals surface area contributed by atoms with Crippen molar-refractivity contribution in [1.82, 2.24) is 0 Å². The smallest absolute Gasteiger partial charge is 0.145 e. The van der Waals surface area contributed by atoms with Crippen molar-refractivity contribution in [3.8, 4) is 0 Å². The maximum absolute atomic E-state index is 12.5. The Hall–Kier alpha value is -0.565. The zero-order valence-electron chi connectivity index (χ0n) is 5.29. The molecule has 0 aliphatic heterocycles. The van der Waals surface area contributed by atoms with Crippen molar-refractivity contribution in [3.05, 3.63) is 28.8 Å². The molecule has 0 unspecified atom stereocenters. The summed E-state index contributed by atoms with van der Waals surface area (Å²) in [5.74, 6) is -1.25. The van der Waals surface area contributed by atoms with Gasteiger partial charge in [-0.25, -0.2) is 8.78 Å². The van der Waals surface area contributed by atoms with Crippen molar-refractivity contribution in [2.75, 3.05) is 0 Å². The van der Waals surface area contributed by atoms with E-state index < -0.39 is 11.6 Å². The molecule has 0 nitrogen and oxygen atoms in total. The average molecular weight is 160 g/mol. The van der Waals surface area contributed by atoms with Gasteiger partial charge in [0.15, 0.2) is 0 Å². The first-order chi connectivity index (χ1) is 4.61. The van der Waals surface area contributed by atoms with Gasteiger partial charge in [-0.2, -0.15) is 0 Å². The number of hydrogen-bond donors (Lipinski definition) is 0. The van der Waals surface area contributed by atoms with E-state index in [1.807, 2.05) is 0 Å². The van der Waals surface area contributed by atoms with E-state index in [9.17, 15) is 8.78 Å². The van der Waals surface area contributed by atoms with Crippen molar-refractivity contribution < 1.29 is 8.78 Å². The molecule has 0 aromatic heterocycles. The Balaban J connectivity index is 3.31. The van der Waals surface area contributed by atoms with Gasteiger partial charge in [0.25, 0.3) is 0 Å². The highest BCUT2D eigenvalue weighted by Gasteiger charge is 2.03. The maximum atomic E-state index is 12.5. The molecular formula is C6H4BClF2. The predicted octanol–water partition coefficient (Wildman–Crippen LogP) is 0.877. The van der Waals surface area contributed by atoms with E-state index in [1.54, 1.807) is 0 Å². The third-order valence-corrected chi connectivity index (χ3v) is 1.64. The highest BCUT2D eigenvalue weighted by Crippen LogP contribution is 2.08. The van der Waals surface area contributed by atoms with Crippen LogP contribution in [0, 0.1) is 11.6 Å². The van der Waals surface area contributed by atoms with E-state index in [1.165, 1.54) is 7.85 Å². The Morgan fingerprint density at radius 1 is 1.30 bits per heavy atom. The second-order valence-corrected chi connectivity index (χ2v) is 2.40. The lowest BCUT2D eigenvalue weighted by Gasteiger charge is -1.97. The minimum atomic E-state index is -0.645. The van der Waals surface area contributed by atoms with Crippen LogP contribution >= 0.6 is 11.6 Å². The van der Waals surface area contributed by atoms with Crippen LogP contribution < -0.4 is 5.46 Å². The molecule has 1 rings (SSSR count). The van der Waals surface area contributed by atoms with Gasteiger partial charge in [-0.15, -0.1) is 0 Å². The van der Waals surface area contributed by atoms with E-state index in [2.05, 4.69) is 0 Å². The van der Waals surface area contributed by atoms with Crippen LogP contribution in [0.5, 0.6) is 0 Å². The SMILES string of the molecule is Bc1c(F)cc(F)cc1Cl. The van der Waals surface area contributed by atoms with Gasteiger partial charge < -0.3 is 0 Å². The number of hydrogen-bond acceptors (Lipinski definition) is 0. The fourth-order valence-corrected chi connectivity index (χ4v) is 0.809. The minimum absolute atomic E-state index is 0.123. The summed E-state index contributed by atoms with van der Waals surface area (Å²) in [6, 6.07) is 1.89. The molecular weight excluding hydrogens is 156 g/mol. The van der Waals surface area contributed by atoms with E-state index in [0.717, 1.165) is 12.1 Å². The topological polar surface area (TPSA) is 0 Å². The van der Waals surface area contributed by atoms with Crippen LogP contribution in [-0.2, 0) is 0 Å². The summed E-state index contributed by atoms with van der Waals surface area (Å²) in [5.41, 5.74) is 0.281. The molecule has 0 heterocycles. The molecule has 0 aliphatic rings. The molecule has 0 saturated heterocycles. The van der Waals surface area contributed by atoms with Crippen LogP contribution in [0.15, 0.2) is 12.1 Å². The normalized spacial score (nSPS) is 9.90. The monoisotopic (exact) mass is 160 g/mol. The fraction of sp³-hybridized carbons (Fsp3) is 0. The highest BCUT2D eigenvalue weighted by atomic mass is 35.5. The first-order valence-electron chi connectivity index (χ1n) is 2.72. The van der Waals surface area contributed by atoms with Gasteiger partial charge in [0.1, 0.15) is 19.5 Å². The molecule has 0 N–H and O–H groups in total. The molecule has 0 spiro atoms. The van der Waals surface area contributed by atoms with Crippen molar-refractivity contribution in [1.29, 1.82) is 0 Å². The van der Waals surface area contributed by atoms with Gasteiger partial charge >= 0.3 is 0 Å². The van der Waals surface area contributed by atoms with Gasteiger partial charge in [0.2, 0.25) is 0 Å². The summed E-state index contributed by atoms with van der Waals surface area (Å²) >= 11 is 5.44. The third kappa shape index (κ3) is 1.29. The van der Waals surface area contributed by atoms with Crippen LogP contribution in [0.3, 0.4) is 0 Å². The second-order valence-electron chi connectivity index (χ2n) is 1.99. The summed E-state index contributed by atoms with van der Waals surface area (Å²) in [6.07, 6.45) is 0. The minimum Gasteiger partial charge on any atom is -0.207 e. The van der Waals surface area contributed by atoms with E-state index >= 15 is 0 Å². The van der Waals surface area contributed by atoms with Gasteiger partial charge in [0.05, 0.1) is 0 Å². The summed E-state index contributed by atoms with van der Waals surface area (Å²) in [5, 5.41) is 0.123. The number of benzene rings is 1. The molecule has 0 atom stereocenters. The first kappa shape index (κ1) is 7.54. The van der Waals surface area contributed by atoms with E-state index in [-0.39, 0.29) is 10.5 Å². The van der Waals surface area contributed by atoms with Crippen LogP contribution in [-0.4, -0.2) is 7.85 Å². The van der Waals surface area contributed by atoms with Gasteiger partial charge in [0, 0.05) is 11.1 Å². The van der Waals surface area contributed by atoms with Crippen LogP contribution in [0.25, 0.3) is 0 Å². The van der Waals surface area contributed by atoms with Gasteiger partial charge in [-0.05, 0) is 11.5 Å². The number of rotatable bonds is 0. The Morgan fingerprint density at radius 2 is 1.90 bits per heavy atom. The maximum Gasteiger partial charge on any atom is 0.145 e. The quantitative estimate of drug-likeness (QED) is 0.494. The van der Waals surface area contributed by atoms with E-state index in [4.69, 9.17) is 11.6 Å². The first-order valence-corrected chi connectivity index (χ1v) is 3.10. The average Bonchev–Trinajstić information content (AvgIpc) is 1.82. The summed E-state index contributed by atoms with van der Waals surface area (Å²) < 4.78 is 24.8.